The van der Waals surface area contributed by atoms with Crippen molar-refractivity contribution in [2.75, 3.05) is 25.0 Å². The van der Waals surface area contributed by atoms with Gasteiger partial charge in [-0.3, -0.25) is 4.72 Å². The molecule has 0 bridgehead atoms. The van der Waals surface area contributed by atoms with Gasteiger partial charge in [-0.2, -0.15) is 4.98 Å². The zero-order chi connectivity index (χ0) is 29.5. The van der Waals surface area contributed by atoms with E-state index in [4.69, 9.17) is 18.9 Å². The third-order valence-corrected chi connectivity index (χ3v) is 6.97. The van der Waals surface area contributed by atoms with Gasteiger partial charge in [-0.05, 0) is 63.1 Å². The van der Waals surface area contributed by atoms with Gasteiger partial charge in [0.05, 0.1) is 24.2 Å². The zero-order valence-electron chi connectivity index (χ0n) is 23.6. The van der Waals surface area contributed by atoms with Gasteiger partial charge in [-0.1, -0.05) is 31.2 Å². The maximum Gasteiger partial charge on any atom is 0.263 e. The molecule has 11 nitrogen and oxygen atoms in total. The van der Waals surface area contributed by atoms with Crippen molar-refractivity contribution >= 4 is 15.8 Å². The molecule has 0 aliphatic heterocycles. The van der Waals surface area contributed by atoms with Crippen LogP contribution in [-0.4, -0.2) is 54.3 Å². The molecule has 2 heterocycles. The molecule has 41 heavy (non-hydrogen) atoms. The molecule has 0 saturated carbocycles. The molecule has 0 amide bonds. The van der Waals surface area contributed by atoms with Crippen LogP contribution >= 0.6 is 0 Å². The van der Waals surface area contributed by atoms with Crippen molar-refractivity contribution < 1.29 is 27.4 Å². The Bertz CT molecular complexity index is 1560. The number of nitrogens with zero attached hydrogens (tertiary/aromatic N) is 4. The smallest absolute Gasteiger partial charge is 0.263 e. The van der Waals surface area contributed by atoms with Crippen LogP contribution in [0.25, 0.3) is 11.6 Å². The Kier molecular flexibility index (Phi) is 9.35. The first-order chi connectivity index (χ1) is 19.6. The Labute approximate surface area is 240 Å². The highest BCUT2D eigenvalue weighted by atomic mass is 32.2. The Morgan fingerprint density at radius 3 is 2.17 bits per heavy atom. The van der Waals surface area contributed by atoms with Gasteiger partial charge in [-0.25, -0.2) is 23.4 Å². The van der Waals surface area contributed by atoms with Gasteiger partial charge in [0.1, 0.15) is 6.61 Å². The minimum Gasteiger partial charge on any atom is -0.493 e. The minimum atomic E-state index is -4.10. The lowest BCUT2D eigenvalue weighted by Gasteiger charge is -2.20. The monoisotopic (exact) mass is 579 g/mol. The van der Waals surface area contributed by atoms with Crippen LogP contribution in [0, 0.1) is 0 Å². The fourth-order valence-corrected chi connectivity index (χ4v) is 4.60. The summed E-state index contributed by atoms with van der Waals surface area (Å²) in [5.41, 5.74) is 0.617. The summed E-state index contributed by atoms with van der Waals surface area (Å²) >= 11 is 0. The van der Waals surface area contributed by atoms with Crippen LogP contribution in [0.3, 0.4) is 0 Å². The van der Waals surface area contributed by atoms with Crippen molar-refractivity contribution in [2.24, 2.45) is 0 Å². The van der Waals surface area contributed by atoms with E-state index < -0.39 is 10.0 Å². The molecule has 0 unspecified atom stereocenters. The summed E-state index contributed by atoms with van der Waals surface area (Å²) in [7, 11) is -2.60. The van der Waals surface area contributed by atoms with Crippen LogP contribution in [0.5, 0.6) is 23.1 Å². The maximum absolute atomic E-state index is 13.5. The largest absolute Gasteiger partial charge is 0.493 e. The second kappa shape index (κ2) is 12.9. The quantitative estimate of drug-likeness (QED) is 0.221. The van der Waals surface area contributed by atoms with E-state index in [2.05, 4.69) is 24.7 Å². The lowest BCUT2D eigenvalue weighted by molar-refractivity contribution is -0.0170. The normalized spacial score (nSPS) is 11.6. The number of hydrogen-bond donors (Lipinski definition) is 1. The highest BCUT2D eigenvalue weighted by molar-refractivity contribution is 7.92. The molecule has 216 valence electrons. The molecule has 0 radical (unpaired) electrons. The lowest BCUT2D eigenvalue weighted by Crippen LogP contribution is -2.23. The Hall–Kier alpha value is -4.29. The van der Waals surface area contributed by atoms with Gasteiger partial charge in [0.25, 0.3) is 15.9 Å². The van der Waals surface area contributed by atoms with Crippen LogP contribution in [-0.2, 0) is 21.2 Å². The molecule has 0 spiro atoms. The van der Waals surface area contributed by atoms with Gasteiger partial charge in [0.2, 0.25) is 11.6 Å². The minimum absolute atomic E-state index is 0.0312. The fourth-order valence-electron chi connectivity index (χ4n) is 3.59. The number of sulfonamides is 1. The van der Waals surface area contributed by atoms with Crippen LogP contribution in [0.4, 0.5) is 5.82 Å². The van der Waals surface area contributed by atoms with Crippen molar-refractivity contribution in [1.29, 1.82) is 0 Å². The van der Waals surface area contributed by atoms with Crippen molar-refractivity contribution in [3.05, 3.63) is 72.6 Å². The number of para-hydroxylation sites is 2. The topological polar surface area (TPSA) is 135 Å². The average Bonchev–Trinajstić information content (AvgIpc) is 2.96. The summed E-state index contributed by atoms with van der Waals surface area (Å²) in [5, 5.41) is 0. The van der Waals surface area contributed by atoms with Crippen molar-refractivity contribution in [1.82, 2.24) is 19.9 Å². The summed E-state index contributed by atoms with van der Waals surface area (Å²) in [5.74, 6) is 0.631. The number of ether oxygens (including phenoxy) is 4. The number of aromatic nitrogens is 4. The first-order valence-corrected chi connectivity index (χ1v) is 14.5. The zero-order valence-corrected chi connectivity index (χ0v) is 24.4. The van der Waals surface area contributed by atoms with Crippen LogP contribution in [0.2, 0.25) is 0 Å². The fraction of sp³-hybridized carbons (Fsp3) is 0.310. The molecule has 2 aromatic heterocycles. The van der Waals surface area contributed by atoms with E-state index in [-0.39, 0.29) is 52.8 Å². The number of rotatable bonds is 12. The van der Waals surface area contributed by atoms with Crippen molar-refractivity contribution in [2.45, 2.75) is 44.6 Å². The number of methoxy groups -OCH3 is 1. The molecular weight excluding hydrogens is 546 g/mol. The number of anilines is 1. The Morgan fingerprint density at radius 1 is 0.854 bits per heavy atom. The summed E-state index contributed by atoms with van der Waals surface area (Å²) < 4.78 is 53.0. The summed E-state index contributed by atoms with van der Waals surface area (Å²) in [6, 6.07) is 15.1. The van der Waals surface area contributed by atoms with Gasteiger partial charge in [-0.15, -0.1) is 0 Å². The van der Waals surface area contributed by atoms with Gasteiger partial charge in [0.15, 0.2) is 23.1 Å². The van der Waals surface area contributed by atoms with E-state index in [1.807, 2.05) is 27.7 Å². The number of aryl methyl sites for hydroxylation is 1. The maximum atomic E-state index is 13.5. The van der Waals surface area contributed by atoms with Gasteiger partial charge < -0.3 is 18.9 Å². The molecule has 12 heteroatoms. The molecule has 0 fully saturated rings. The molecular formula is C29H33N5O6S. The number of hydrogen-bond acceptors (Lipinski definition) is 10. The SMILES string of the molecule is CCc1ccc(S(=O)(=O)Nc2nc(-c3ncccn3)nc(OCCOC(C)(C)C)c2Oc2ccccc2OC)cc1. The first-order valence-electron chi connectivity index (χ1n) is 13.0. The number of nitrogens with one attached hydrogen (secondary N) is 1. The van der Waals surface area contributed by atoms with Gasteiger partial charge in [0, 0.05) is 12.4 Å². The summed E-state index contributed by atoms with van der Waals surface area (Å²) in [4.78, 5) is 17.5. The second-order valence-electron chi connectivity index (χ2n) is 9.77. The summed E-state index contributed by atoms with van der Waals surface area (Å²) in [6.07, 6.45) is 3.83. The molecule has 0 atom stereocenters. The van der Waals surface area contributed by atoms with Crippen LogP contribution < -0.4 is 18.9 Å². The molecule has 4 rings (SSSR count). The predicted molar refractivity (Wildman–Crippen MR) is 154 cm³/mol. The number of benzene rings is 2. The van der Waals surface area contributed by atoms with E-state index in [1.165, 1.54) is 31.6 Å². The first kappa shape index (κ1) is 29.7. The third-order valence-electron chi connectivity index (χ3n) is 5.61. The summed E-state index contributed by atoms with van der Waals surface area (Å²) in [6.45, 7) is 8.11. The average molecular weight is 580 g/mol. The van der Waals surface area contributed by atoms with Crippen molar-refractivity contribution in [3.63, 3.8) is 0 Å². The molecule has 0 aliphatic carbocycles. The Morgan fingerprint density at radius 2 is 1.54 bits per heavy atom. The molecule has 1 N–H and O–H groups in total. The van der Waals surface area contributed by atoms with E-state index in [1.54, 1.807) is 42.5 Å². The van der Waals surface area contributed by atoms with Crippen molar-refractivity contribution in [3.8, 4) is 34.8 Å². The molecule has 0 saturated heterocycles. The molecule has 4 aromatic rings. The van der Waals surface area contributed by atoms with Crippen LogP contribution in [0.15, 0.2) is 71.9 Å². The van der Waals surface area contributed by atoms with Gasteiger partial charge >= 0.3 is 0 Å². The lowest BCUT2D eigenvalue weighted by atomic mass is 10.2. The third kappa shape index (κ3) is 7.89. The predicted octanol–water partition coefficient (Wildman–Crippen LogP) is 5.29. The van der Waals surface area contributed by atoms with E-state index in [9.17, 15) is 8.42 Å². The van der Waals surface area contributed by atoms with E-state index in [0.717, 1.165) is 12.0 Å². The highest BCUT2D eigenvalue weighted by Gasteiger charge is 2.26. The second-order valence-corrected chi connectivity index (χ2v) is 11.5. The highest BCUT2D eigenvalue weighted by Crippen LogP contribution is 2.41. The molecule has 2 aromatic carbocycles. The Balaban J connectivity index is 1.83. The molecule has 0 aliphatic rings. The van der Waals surface area contributed by atoms with E-state index >= 15 is 0 Å². The van der Waals surface area contributed by atoms with Crippen LogP contribution in [0.1, 0.15) is 33.3 Å². The van der Waals surface area contributed by atoms with E-state index in [0.29, 0.717) is 11.5 Å². The standard InChI is InChI=1S/C29H33N5O6S/c1-6-20-12-14-21(15-13-20)41(35,36)34-25-24(40-23-11-8-7-10-22(23)37-5)28(38-18-19-39-29(2,3)4)33-27(32-25)26-30-16-9-17-31-26/h7-17H,6,18-19H2,1-5H3,(H,32,33,34).